The van der Waals surface area contributed by atoms with Crippen LogP contribution in [-0.4, -0.2) is 23.2 Å². The number of carbonyl (C=O) groups is 1. The highest BCUT2D eigenvalue weighted by atomic mass is 16.5. The molecule has 0 saturated heterocycles. The van der Waals surface area contributed by atoms with Crippen molar-refractivity contribution in [2.24, 2.45) is 0 Å². The summed E-state index contributed by atoms with van der Waals surface area (Å²) in [5.74, 6) is -0.264. The van der Waals surface area contributed by atoms with Gasteiger partial charge in [0.05, 0.1) is 18.2 Å². The normalized spacial score (nSPS) is 10.9. The van der Waals surface area contributed by atoms with Crippen LogP contribution in [0.25, 0.3) is 21.8 Å². The van der Waals surface area contributed by atoms with Crippen LogP contribution >= 0.6 is 0 Å². The molecule has 0 radical (unpaired) electrons. The molecule has 0 aliphatic rings. The van der Waals surface area contributed by atoms with Crippen molar-refractivity contribution >= 4 is 27.8 Å². The smallest absolute Gasteiger partial charge is 0.338 e. The van der Waals surface area contributed by atoms with E-state index in [4.69, 9.17) is 4.74 Å². The Morgan fingerprint density at radius 3 is 2.50 bits per heavy atom. The number of nitrogens with one attached hydrogen (secondary N) is 1. The first-order valence-corrected chi connectivity index (χ1v) is 5.53. The lowest BCUT2D eigenvalue weighted by Crippen LogP contribution is -2.01. The van der Waals surface area contributed by atoms with Gasteiger partial charge in [-0.2, -0.15) is 0 Å². The number of benzene rings is 2. The molecule has 0 fully saturated rings. The fourth-order valence-corrected chi connectivity index (χ4v) is 2.26. The molecule has 0 aliphatic carbocycles. The van der Waals surface area contributed by atoms with Gasteiger partial charge in [-0.25, -0.2) is 4.79 Å². The first-order chi connectivity index (χ1) is 8.72. The van der Waals surface area contributed by atoms with E-state index in [-0.39, 0.29) is 5.75 Å². The molecule has 0 saturated carbocycles. The van der Waals surface area contributed by atoms with E-state index in [1.165, 1.54) is 7.11 Å². The van der Waals surface area contributed by atoms with Crippen LogP contribution in [0.5, 0.6) is 5.75 Å². The predicted octanol–water partition coefficient (Wildman–Crippen LogP) is 2.81. The molecule has 0 spiro atoms. The number of phenols is 1. The van der Waals surface area contributed by atoms with Crippen molar-refractivity contribution in [1.82, 2.24) is 4.98 Å². The van der Waals surface area contributed by atoms with Gasteiger partial charge < -0.3 is 14.8 Å². The van der Waals surface area contributed by atoms with E-state index in [0.29, 0.717) is 16.3 Å². The highest BCUT2D eigenvalue weighted by Crippen LogP contribution is 2.34. The molecule has 0 aliphatic heterocycles. The Kier molecular flexibility index (Phi) is 2.23. The van der Waals surface area contributed by atoms with E-state index < -0.39 is 5.97 Å². The Hall–Kier alpha value is -2.49. The molecule has 4 nitrogen and oxygen atoms in total. The Morgan fingerprint density at radius 2 is 1.78 bits per heavy atom. The van der Waals surface area contributed by atoms with Gasteiger partial charge in [0, 0.05) is 16.3 Å². The summed E-state index contributed by atoms with van der Waals surface area (Å²) in [5, 5.41) is 11.3. The topological polar surface area (TPSA) is 62.3 Å². The van der Waals surface area contributed by atoms with Gasteiger partial charge in [0.25, 0.3) is 0 Å². The zero-order chi connectivity index (χ0) is 12.7. The molecule has 18 heavy (non-hydrogen) atoms. The molecular formula is C14H11NO3. The molecule has 1 heterocycles. The molecular weight excluding hydrogens is 230 g/mol. The number of aromatic nitrogens is 1. The second-order valence-electron chi connectivity index (χ2n) is 4.04. The molecule has 4 heteroatoms. The van der Waals surface area contributed by atoms with E-state index >= 15 is 0 Å². The third-order valence-corrected chi connectivity index (χ3v) is 3.03. The van der Waals surface area contributed by atoms with Crippen molar-refractivity contribution < 1.29 is 14.6 Å². The van der Waals surface area contributed by atoms with Gasteiger partial charge in [0.2, 0.25) is 0 Å². The van der Waals surface area contributed by atoms with E-state index in [9.17, 15) is 9.90 Å². The zero-order valence-electron chi connectivity index (χ0n) is 9.73. The lowest BCUT2D eigenvalue weighted by atomic mass is 10.1. The Labute approximate surface area is 103 Å². The zero-order valence-corrected chi connectivity index (χ0v) is 9.73. The van der Waals surface area contributed by atoms with E-state index in [0.717, 1.165) is 11.0 Å². The maximum atomic E-state index is 11.8. The SMILES string of the molecule is COC(=O)c1cccc2[nH]c3cccc(O)c3c12. The Morgan fingerprint density at radius 1 is 1.11 bits per heavy atom. The minimum atomic E-state index is -0.412. The minimum absolute atomic E-state index is 0.148. The molecule has 3 aromatic rings. The Balaban J connectivity index is 2.52. The van der Waals surface area contributed by atoms with E-state index in [1.807, 2.05) is 12.1 Å². The fraction of sp³-hybridized carbons (Fsp3) is 0.0714. The maximum Gasteiger partial charge on any atom is 0.338 e. The summed E-state index contributed by atoms with van der Waals surface area (Å²) >= 11 is 0. The predicted molar refractivity (Wildman–Crippen MR) is 68.8 cm³/mol. The minimum Gasteiger partial charge on any atom is -0.507 e. The third kappa shape index (κ3) is 1.35. The average molecular weight is 241 g/mol. The number of aromatic hydroxyl groups is 1. The van der Waals surface area contributed by atoms with Crippen LogP contribution in [0.1, 0.15) is 10.4 Å². The molecule has 90 valence electrons. The van der Waals surface area contributed by atoms with Crippen LogP contribution in [0.4, 0.5) is 0 Å². The van der Waals surface area contributed by atoms with Gasteiger partial charge in [-0.3, -0.25) is 0 Å². The molecule has 0 unspecified atom stereocenters. The number of ether oxygens (including phenoxy) is 1. The van der Waals surface area contributed by atoms with Gasteiger partial charge in [0.15, 0.2) is 0 Å². The summed E-state index contributed by atoms with van der Waals surface area (Å²) in [7, 11) is 1.34. The first-order valence-electron chi connectivity index (χ1n) is 5.53. The number of methoxy groups -OCH3 is 1. The van der Waals surface area contributed by atoms with Crippen molar-refractivity contribution in [1.29, 1.82) is 0 Å². The second-order valence-corrected chi connectivity index (χ2v) is 4.04. The van der Waals surface area contributed by atoms with E-state index in [1.54, 1.807) is 24.3 Å². The molecule has 2 N–H and O–H groups in total. The quantitative estimate of drug-likeness (QED) is 0.644. The van der Waals surface area contributed by atoms with Gasteiger partial charge >= 0.3 is 5.97 Å². The van der Waals surface area contributed by atoms with Crippen molar-refractivity contribution in [3.8, 4) is 5.75 Å². The maximum absolute atomic E-state index is 11.8. The standard InChI is InChI=1S/C14H11NO3/c1-18-14(17)8-4-2-5-9-12(8)13-10(15-9)6-3-7-11(13)16/h2-7,15-16H,1H3. The largest absolute Gasteiger partial charge is 0.507 e. The van der Waals surface area contributed by atoms with Crippen molar-refractivity contribution in [3.63, 3.8) is 0 Å². The first kappa shape index (κ1) is 10.7. The lowest BCUT2D eigenvalue weighted by molar-refractivity contribution is 0.0603. The number of phenolic OH excluding ortho intramolecular Hbond substituents is 1. The molecule has 0 amide bonds. The van der Waals surface area contributed by atoms with Gasteiger partial charge in [-0.1, -0.05) is 12.1 Å². The number of esters is 1. The molecule has 0 bridgehead atoms. The van der Waals surface area contributed by atoms with Gasteiger partial charge in [-0.15, -0.1) is 0 Å². The fourth-order valence-electron chi connectivity index (χ4n) is 2.26. The number of H-pyrrole nitrogens is 1. The monoisotopic (exact) mass is 241 g/mol. The number of carbonyl (C=O) groups excluding carboxylic acids is 1. The van der Waals surface area contributed by atoms with Crippen LogP contribution < -0.4 is 0 Å². The molecule has 3 rings (SSSR count). The highest BCUT2D eigenvalue weighted by molar-refractivity contribution is 6.18. The van der Waals surface area contributed by atoms with Gasteiger partial charge in [0.1, 0.15) is 5.75 Å². The average Bonchev–Trinajstić information content (AvgIpc) is 2.77. The summed E-state index contributed by atoms with van der Waals surface area (Å²) in [6, 6.07) is 10.5. The summed E-state index contributed by atoms with van der Waals surface area (Å²) in [6.07, 6.45) is 0. The number of hydrogen-bond donors (Lipinski definition) is 2. The van der Waals surface area contributed by atoms with Crippen LogP contribution in [0, 0.1) is 0 Å². The second kappa shape index (κ2) is 3.77. The summed E-state index contributed by atoms with van der Waals surface area (Å²) in [6.45, 7) is 0. The number of hydrogen-bond acceptors (Lipinski definition) is 3. The van der Waals surface area contributed by atoms with Crippen molar-refractivity contribution in [2.75, 3.05) is 7.11 Å². The molecule has 2 aromatic carbocycles. The van der Waals surface area contributed by atoms with Crippen LogP contribution in [0.2, 0.25) is 0 Å². The Bertz CT molecular complexity index is 758. The van der Waals surface area contributed by atoms with E-state index in [2.05, 4.69) is 4.98 Å². The number of fused-ring (bicyclic) bond motifs is 3. The van der Waals surface area contributed by atoms with Gasteiger partial charge in [-0.05, 0) is 24.3 Å². The number of rotatable bonds is 1. The van der Waals surface area contributed by atoms with Crippen LogP contribution in [0.15, 0.2) is 36.4 Å². The summed E-state index contributed by atoms with van der Waals surface area (Å²) < 4.78 is 4.77. The summed E-state index contributed by atoms with van der Waals surface area (Å²) in [4.78, 5) is 14.9. The highest BCUT2D eigenvalue weighted by Gasteiger charge is 2.16. The van der Waals surface area contributed by atoms with Crippen LogP contribution in [0.3, 0.4) is 0 Å². The van der Waals surface area contributed by atoms with Crippen LogP contribution in [-0.2, 0) is 4.74 Å². The van der Waals surface area contributed by atoms with Crippen molar-refractivity contribution in [2.45, 2.75) is 0 Å². The lowest BCUT2D eigenvalue weighted by Gasteiger charge is -2.02. The number of aromatic amines is 1. The summed E-state index contributed by atoms with van der Waals surface area (Å²) in [5.41, 5.74) is 2.04. The van der Waals surface area contributed by atoms with Crippen molar-refractivity contribution in [3.05, 3.63) is 42.0 Å². The molecule has 0 atom stereocenters. The third-order valence-electron chi connectivity index (χ3n) is 3.03. The molecule has 1 aromatic heterocycles.